The van der Waals surface area contributed by atoms with Crippen LogP contribution >= 0.6 is 0 Å². The van der Waals surface area contributed by atoms with Crippen molar-refractivity contribution in [3.63, 3.8) is 0 Å². The SMILES string of the molecule is [2H]c1c([2H])c(CCC([2H])([2H])N[C@]([2H])(c2cccc3ccccc23)C([2H])([2H])[2H])c([2H])c(C(F)(F)F)c1[2H]. The molecule has 26 heavy (non-hydrogen) atoms. The van der Waals surface area contributed by atoms with Crippen molar-refractivity contribution < 1.29 is 26.9 Å². The summed E-state index contributed by atoms with van der Waals surface area (Å²) >= 11 is 0. The Hall–Kier alpha value is -2.33. The zero-order valence-corrected chi connectivity index (χ0v) is 13.6. The first kappa shape index (κ1) is 9.56. The average molecular weight is 367 g/mol. The van der Waals surface area contributed by atoms with Gasteiger partial charge in [-0.1, -0.05) is 60.6 Å². The van der Waals surface area contributed by atoms with Gasteiger partial charge in [-0.15, -0.1) is 0 Å². The van der Waals surface area contributed by atoms with Crippen LogP contribution in [0.5, 0.6) is 0 Å². The standard InChI is InChI=1S/C22H22F3N/c1-16(20-13-5-10-18-9-2-3-12-21(18)20)26-14-6-8-17-7-4-11-19(15-17)22(23,24)25/h2-5,7,9-13,15-16,26H,6,8,14H2,1H3/t16-/m0/s1/i1D3,4D,7D,11D,14D2,15D,16D. The lowest BCUT2D eigenvalue weighted by molar-refractivity contribution is -0.137. The molecule has 0 amide bonds. The van der Waals surface area contributed by atoms with Crippen LogP contribution in [0, 0.1) is 0 Å². The predicted molar refractivity (Wildman–Crippen MR) is 100 cm³/mol. The van der Waals surface area contributed by atoms with Gasteiger partial charge in [-0.25, -0.2) is 0 Å². The van der Waals surface area contributed by atoms with Crippen molar-refractivity contribution in [2.24, 2.45) is 0 Å². The largest absolute Gasteiger partial charge is 0.416 e. The molecule has 0 radical (unpaired) electrons. The van der Waals surface area contributed by atoms with Gasteiger partial charge in [0.1, 0.15) is 0 Å². The smallest absolute Gasteiger partial charge is 0.310 e. The molecule has 1 N–H and O–H groups in total. The van der Waals surface area contributed by atoms with E-state index in [1.807, 2.05) is 0 Å². The maximum absolute atomic E-state index is 13.4. The van der Waals surface area contributed by atoms with E-state index in [1.54, 1.807) is 30.3 Å². The molecule has 0 aliphatic carbocycles. The molecule has 0 unspecified atom stereocenters. The van der Waals surface area contributed by atoms with Crippen molar-refractivity contribution in [3.8, 4) is 0 Å². The van der Waals surface area contributed by atoms with Crippen molar-refractivity contribution in [3.05, 3.63) is 83.3 Å². The van der Waals surface area contributed by atoms with Gasteiger partial charge < -0.3 is 5.32 Å². The van der Waals surface area contributed by atoms with E-state index in [2.05, 4.69) is 5.32 Å². The van der Waals surface area contributed by atoms with Crippen LogP contribution in [0.4, 0.5) is 13.2 Å². The van der Waals surface area contributed by atoms with E-state index in [4.69, 9.17) is 13.7 Å². The quantitative estimate of drug-likeness (QED) is 0.552. The lowest BCUT2D eigenvalue weighted by Gasteiger charge is -2.17. The van der Waals surface area contributed by atoms with Crippen molar-refractivity contribution >= 4 is 10.8 Å². The first-order valence-corrected chi connectivity index (χ1v) is 7.85. The molecule has 0 aromatic heterocycles. The van der Waals surface area contributed by atoms with Crippen LogP contribution in [0.15, 0.2) is 66.6 Å². The highest BCUT2D eigenvalue weighted by Crippen LogP contribution is 2.29. The topological polar surface area (TPSA) is 12.0 Å². The van der Waals surface area contributed by atoms with Crippen LogP contribution in [-0.4, -0.2) is 6.50 Å². The minimum absolute atomic E-state index is 0.0294. The third kappa shape index (κ3) is 4.44. The Morgan fingerprint density at radius 2 is 2.00 bits per heavy atom. The number of alkyl halides is 3. The van der Waals surface area contributed by atoms with E-state index >= 15 is 0 Å². The van der Waals surface area contributed by atoms with E-state index in [0.29, 0.717) is 10.8 Å². The van der Waals surface area contributed by atoms with E-state index in [9.17, 15) is 13.2 Å². The van der Waals surface area contributed by atoms with Gasteiger partial charge in [0.25, 0.3) is 0 Å². The lowest BCUT2D eigenvalue weighted by Crippen LogP contribution is -2.20. The summed E-state index contributed by atoms with van der Waals surface area (Å²) in [5, 5.41) is 3.23. The Balaban J connectivity index is 2.01. The van der Waals surface area contributed by atoms with Gasteiger partial charge in [0.15, 0.2) is 0 Å². The fourth-order valence-corrected chi connectivity index (χ4v) is 2.50. The molecule has 0 saturated carbocycles. The highest BCUT2D eigenvalue weighted by atomic mass is 19.4. The van der Waals surface area contributed by atoms with Gasteiger partial charge >= 0.3 is 6.18 Å². The zero-order valence-electron chi connectivity index (χ0n) is 23.6. The van der Waals surface area contributed by atoms with E-state index in [1.165, 1.54) is 12.1 Å². The Labute approximate surface area is 165 Å². The summed E-state index contributed by atoms with van der Waals surface area (Å²) in [5.41, 5.74) is -2.32. The average Bonchev–Trinajstić information content (AvgIpc) is 2.75. The first-order valence-electron chi connectivity index (χ1n) is 12.8. The molecule has 3 aromatic rings. The second kappa shape index (κ2) is 7.92. The Morgan fingerprint density at radius 1 is 1.19 bits per heavy atom. The molecular weight excluding hydrogens is 335 g/mol. The second-order valence-corrected chi connectivity index (χ2v) is 5.55. The molecule has 0 fully saturated rings. The summed E-state index contributed by atoms with van der Waals surface area (Å²) < 4.78 is 121. The van der Waals surface area contributed by atoms with Crippen molar-refractivity contribution in [1.82, 2.24) is 5.32 Å². The number of benzene rings is 3. The van der Waals surface area contributed by atoms with Crippen molar-refractivity contribution in [1.29, 1.82) is 0 Å². The maximum Gasteiger partial charge on any atom is 0.416 e. The second-order valence-electron chi connectivity index (χ2n) is 5.55. The highest BCUT2D eigenvalue weighted by molar-refractivity contribution is 5.86. The molecular formula is C22H22F3N. The lowest BCUT2D eigenvalue weighted by atomic mass is 9.99. The minimum atomic E-state index is -5.13. The normalized spacial score (nSPS) is 20.9. The number of hydrogen-bond acceptors (Lipinski definition) is 1. The van der Waals surface area contributed by atoms with Crippen LogP contribution in [-0.2, 0) is 12.6 Å². The Bertz CT molecular complexity index is 1280. The van der Waals surface area contributed by atoms with Crippen LogP contribution in [0.25, 0.3) is 10.8 Å². The summed E-state index contributed by atoms with van der Waals surface area (Å²) in [6.07, 6.45) is -6.48. The van der Waals surface area contributed by atoms with Crippen LogP contribution in [0.1, 0.15) is 49.7 Å². The minimum Gasteiger partial charge on any atom is -0.310 e. The molecule has 3 rings (SSSR count). The van der Waals surface area contributed by atoms with Crippen molar-refractivity contribution in [2.45, 2.75) is 31.9 Å². The molecule has 4 heteroatoms. The molecule has 3 aromatic carbocycles. The fourth-order valence-electron chi connectivity index (χ4n) is 2.50. The number of halogens is 3. The summed E-state index contributed by atoms with van der Waals surface area (Å²) in [5.74, 6) is 0. The van der Waals surface area contributed by atoms with Crippen molar-refractivity contribution in [2.75, 3.05) is 6.50 Å². The third-order valence-corrected chi connectivity index (χ3v) is 3.73. The molecule has 0 bridgehead atoms. The molecule has 1 nitrogen and oxygen atoms in total. The van der Waals surface area contributed by atoms with Crippen LogP contribution in [0.2, 0.25) is 0 Å². The summed E-state index contributed by atoms with van der Waals surface area (Å²) in [7, 11) is 0. The zero-order chi connectivity index (χ0) is 27.3. The number of nitrogens with one attached hydrogen (secondary N) is 1. The molecule has 0 aliphatic heterocycles. The molecule has 0 aliphatic rings. The van der Waals surface area contributed by atoms with Crippen LogP contribution < -0.4 is 5.32 Å². The molecule has 0 saturated heterocycles. The van der Waals surface area contributed by atoms with Gasteiger partial charge in [0.2, 0.25) is 0 Å². The summed E-state index contributed by atoms with van der Waals surface area (Å²) in [6.45, 7) is -5.72. The third-order valence-electron chi connectivity index (χ3n) is 3.73. The highest BCUT2D eigenvalue weighted by Gasteiger charge is 2.30. The van der Waals surface area contributed by atoms with E-state index < -0.39 is 73.7 Å². The van der Waals surface area contributed by atoms with E-state index in [0.717, 1.165) is 0 Å². The predicted octanol–water partition coefficient (Wildman–Crippen LogP) is 6.14. The monoisotopic (exact) mass is 367 g/mol. The van der Waals surface area contributed by atoms with Gasteiger partial charge in [-0.3, -0.25) is 0 Å². The summed E-state index contributed by atoms with van der Waals surface area (Å²) in [6, 6.07) is 4.22. The van der Waals surface area contributed by atoms with Gasteiger partial charge in [-0.05, 0) is 54.1 Å². The maximum atomic E-state index is 13.4. The van der Waals surface area contributed by atoms with E-state index in [-0.39, 0.29) is 5.56 Å². The fraction of sp³-hybridized carbons (Fsp3) is 0.273. The first-order chi connectivity index (χ1) is 16.4. The van der Waals surface area contributed by atoms with Gasteiger partial charge in [0, 0.05) is 12.9 Å². The molecule has 136 valence electrons. The van der Waals surface area contributed by atoms with Gasteiger partial charge in [-0.2, -0.15) is 13.2 Å². The molecule has 0 heterocycles. The Kier molecular flexibility index (Phi) is 2.91. The summed E-state index contributed by atoms with van der Waals surface area (Å²) in [4.78, 5) is 0. The molecule has 0 spiro atoms. The number of fused-ring (bicyclic) bond motifs is 1. The number of rotatable bonds is 6. The number of hydrogen-bond donors (Lipinski definition) is 1. The Morgan fingerprint density at radius 3 is 2.81 bits per heavy atom. The molecule has 1 atom stereocenters. The van der Waals surface area contributed by atoms with Crippen LogP contribution in [0.3, 0.4) is 0 Å². The van der Waals surface area contributed by atoms with Gasteiger partial charge in [0.05, 0.1) is 12.4 Å².